The number of nitrogens with one attached hydrogen (secondary N) is 2. The number of piperidine rings is 1. The quantitative estimate of drug-likeness (QED) is 0.905. The molecule has 2 N–H and O–H groups in total. The lowest BCUT2D eigenvalue weighted by molar-refractivity contribution is 0.389. The van der Waals surface area contributed by atoms with Crippen LogP contribution < -0.4 is 10.6 Å². The van der Waals surface area contributed by atoms with Gasteiger partial charge in [0, 0.05) is 17.0 Å². The van der Waals surface area contributed by atoms with Crippen LogP contribution in [0.25, 0.3) is 10.2 Å². The maximum atomic E-state index is 4.44. The number of aryl methyl sites for hydroxylation is 1. The largest absolute Gasteiger partial charge is 0.365 e. The summed E-state index contributed by atoms with van der Waals surface area (Å²) in [5.74, 6) is 0.988. The first-order valence-electron chi connectivity index (χ1n) is 7.01. The molecule has 1 aliphatic rings. The Balaban J connectivity index is 1.89. The molecule has 2 atom stereocenters. The van der Waals surface area contributed by atoms with E-state index < -0.39 is 0 Å². The van der Waals surface area contributed by atoms with Crippen molar-refractivity contribution in [3.63, 3.8) is 0 Å². The molecule has 1 fully saturated rings. The zero-order valence-corrected chi connectivity index (χ0v) is 12.3. The minimum atomic E-state index is 0.455. The van der Waals surface area contributed by atoms with Crippen molar-refractivity contribution in [2.24, 2.45) is 0 Å². The van der Waals surface area contributed by atoms with Gasteiger partial charge >= 0.3 is 0 Å². The highest BCUT2D eigenvalue weighted by atomic mass is 32.1. The molecule has 0 aliphatic carbocycles. The molecule has 2 aromatic heterocycles. The van der Waals surface area contributed by atoms with E-state index in [1.54, 1.807) is 17.7 Å². The molecule has 102 valence electrons. The van der Waals surface area contributed by atoms with Crippen molar-refractivity contribution in [1.82, 2.24) is 15.3 Å². The van der Waals surface area contributed by atoms with E-state index in [4.69, 9.17) is 0 Å². The first-order chi connectivity index (χ1) is 9.28. The second-order valence-corrected chi connectivity index (χ2v) is 6.26. The van der Waals surface area contributed by atoms with Crippen LogP contribution in [0.3, 0.4) is 0 Å². The summed E-state index contributed by atoms with van der Waals surface area (Å²) in [4.78, 5) is 11.3. The maximum absolute atomic E-state index is 4.44. The van der Waals surface area contributed by atoms with E-state index in [1.165, 1.54) is 23.1 Å². The summed E-state index contributed by atoms with van der Waals surface area (Å²) in [7, 11) is 0. The fourth-order valence-corrected chi connectivity index (χ4v) is 3.55. The number of thiophene rings is 1. The Labute approximate surface area is 117 Å². The third-order valence-corrected chi connectivity index (χ3v) is 5.00. The van der Waals surface area contributed by atoms with Crippen LogP contribution >= 0.6 is 11.3 Å². The standard InChI is InChI=1S/C14H20N4S/c1-3-10-7-11-13(16-8-17-14(11)19-10)18-12-5-4-6-15-9(12)2/h7-9,12,15H,3-6H2,1-2H3,(H,16,17,18). The number of nitrogens with zero attached hydrogens (tertiary/aromatic N) is 2. The lowest BCUT2D eigenvalue weighted by Crippen LogP contribution is -2.46. The molecule has 5 heteroatoms. The second kappa shape index (κ2) is 5.43. The summed E-state index contributed by atoms with van der Waals surface area (Å²) < 4.78 is 0. The Morgan fingerprint density at radius 3 is 3.16 bits per heavy atom. The van der Waals surface area contributed by atoms with Crippen LogP contribution in [0.4, 0.5) is 5.82 Å². The number of hydrogen-bond donors (Lipinski definition) is 2. The van der Waals surface area contributed by atoms with Crippen LogP contribution in [0.1, 0.15) is 31.6 Å². The van der Waals surface area contributed by atoms with Crippen molar-refractivity contribution >= 4 is 27.4 Å². The molecule has 3 heterocycles. The van der Waals surface area contributed by atoms with Gasteiger partial charge < -0.3 is 10.6 Å². The van der Waals surface area contributed by atoms with E-state index >= 15 is 0 Å². The summed E-state index contributed by atoms with van der Waals surface area (Å²) in [6, 6.07) is 3.17. The van der Waals surface area contributed by atoms with Gasteiger partial charge in [0.05, 0.1) is 5.39 Å². The van der Waals surface area contributed by atoms with Crippen molar-refractivity contribution in [1.29, 1.82) is 0 Å². The van der Waals surface area contributed by atoms with Gasteiger partial charge in [-0.3, -0.25) is 0 Å². The van der Waals surface area contributed by atoms with Crippen LogP contribution in [-0.2, 0) is 6.42 Å². The SMILES string of the molecule is CCc1cc2c(NC3CCCNC3C)ncnc2s1. The molecule has 0 aromatic carbocycles. The third-order valence-electron chi connectivity index (χ3n) is 3.81. The lowest BCUT2D eigenvalue weighted by Gasteiger charge is -2.31. The number of rotatable bonds is 3. The molecule has 1 aliphatic heterocycles. The second-order valence-electron chi connectivity index (χ2n) is 5.14. The highest BCUT2D eigenvalue weighted by Gasteiger charge is 2.21. The maximum Gasteiger partial charge on any atom is 0.138 e. The van der Waals surface area contributed by atoms with Gasteiger partial charge in [0.1, 0.15) is 17.0 Å². The molecule has 4 nitrogen and oxygen atoms in total. The third kappa shape index (κ3) is 2.58. The van der Waals surface area contributed by atoms with Crippen molar-refractivity contribution in [2.45, 2.75) is 45.2 Å². The van der Waals surface area contributed by atoms with Crippen molar-refractivity contribution < 1.29 is 0 Å². The van der Waals surface area contributed by atoms with Crippen LogP contribution in [0, 0.1) is 0 Å². The fourth-order valence-electron chi connectivity index (χ4n) is 2.61. The van der Waals surface area contributed by atoms with Gasteiger partial charge in [0.15, 0.2) is 0 Å². The van der Waals surface area contributed by atoms with Crippen molar-refractivity contribution in [2.75, 3.05) is 11.9 Å². The van der Waals surface area contributed by atoms with E-state index in [0.717, 1.165) is 23.6 Å². The molecule has 0 saturated carbocycles. The van der Waals surface area contributed by atoms with Gasteiger partial charge in [0.2, 0.25) is 0 Å². The molecule has 1 saturated heterocycles. The zero-order valence-electron chi connectivity index (χ0n) is 11.4. The van der Waals surface area contributed by atoms with Gasteiger partial charge in [-0.1, -0.05) is 6.92 Å². The van der Waals surface area contributed by atoms with Gasteiger partial charge in [-0.2, -0.15) is 0 Å². The first-order valence-corrected chi connectivity index (χ1v) is 7.83. The zero-order chi connectivity index (χ0) is 13.2. The molecular weight excluding hydrogens is 256 g/mol. The Hall–Kier alpha value is -1.20. The van der Waals surface area contributed by atoms with Gasteiger partial charge in [0.25, 0.3) is 0 Å². The van der Waals surface area contributed by atoms with Gasteiger partial charge in [-0.15, -0.1) is 11.3 Å². The smallest absolute Gasteiger partial charge is 0.138 e. The summed E-state index contributed by atoms with van der Waals surface area (Å²) >= 11 is 1.77. The van der Waals surface area contributed by atoms with E-state index in [2.05, 4.69) is 40.5 Å². The van der Waals surface area contributed by atoms with Gasteiger partial charge in [-0.05, 0) is 38.8 Å². The Bertz CT molecular complexity index is 566. The molecule has 3 rings (SSSR count). The minimum Gasteiger partial charge on any atom is -0.365 e. The average Bonchev–Trinajstić information content (AvgIpc) is 2.85. The topological polar surface area (TPSA) is 49.8 Å². The number of hydrogen-bond acceptors (Lipinski definition) is 5. The summed E-state index contributed by atoms with van der Waals surface area (Å²) in [5.41, 5.74) is 0. The van der Waals surface area contributed by atoms with Crippen LogP contribution in [0.15, 0.2) is 12.4 Å². The number of aromatic nitrogens is 2. The highest BCUT2D eigenvalue weighted by Crippen LogP contribution is 2.29. The van der Waals surface area contributed by atoms with E-state index in [1.807, 2.05) is 0 Å². The van der Waals surface area contributed by atoms with E-state index in [9.17, 15) is 0 Å². The average molecular weight is 276 g/mol. The summed E-state index contributed by atoms with van der Waals surface area (Å²) in [6.07, 6.45) is 5.15. The van der Waals surface area contributed by atoms with Crippen LogP contribution in [0.2, 0.25) is 0 Å². The number of anilines is 1. The first kappa shape index (κ1) is 12.8. The summed E-state index contributed by atoms with van der Waals surface area (Å²) in [5, 5.41) is 8.29. The van der Waals surface area contributed by atoms with Crippen LogP contribution in [0.5, 0.6) is 0 Å². The molecule has 0 spiro atoms. The molecular formula is C14H20N4S. The van der Waals surface area contributed by atoms with E-state index in [0.29, 0.717) is 12.1 Å². The number of fused-ring (bicyclic) bond motifs is 1. The summed E-state index contributed by atoms with van der Waals surface area (Å²) in [6.45, 7) is 5.54. The molecule has 0 radical (unpaired) electrons. The van der Waals surface area contributed by atoms with Crippen LogP contribution in [-0.4, -0.2) is 28.6 Å². The lowest BCUT2D eigenvalue weighted by atomic mass is 10.00. The fraction of sp³-hybridized carbons (Fsp3) is 0.571. The Kier molecular flexibility index (Phi) is 3.66. The molecule has 2 unspecified atom stereocenters. The highest BCUT2D eigenvalue weighted by molar-refractivity contribution is 7.18. The van der Waals surface area contributed by atoms with Gasteiger partial charge in [-0.25, -0.2) is 9.97 Å². The van der Waals surface area contributed by atoms with Crippen molar-refractivity contribution in [3.05, 3.63) is 17.3 Å². The normalized spacial score (nSPS) is 23.7. The molecule has 19 heavy (non-hydrogen) atoms. The van der Waals surface area contributed by atoms with E-state index in [-0.39, 0.29) is 0 Å². The molecule has 2 aromatic rings. The molecule has 0 bridgehead atoms. The monoisotopic (exact) mass is 276 g/mol. The predicted octanol–water partition coefficient (Wildman–Crippen LogP) is 2.81. The molecule has 0 amide bonds. The van der Waals surface area contributed by atoms with Crippen molar-refractivity contribution in [3.8, 4) is 0 Å². The minimum absolute atomic E-state index is 0.455. The Morgan fingerprint density at radius 2 is 2.37 bits per heavy atom. The Morgan fingerprint density at radius 1 is 1.47 bits per heavy atom. The predicted molar refractivity (Wildman–Crippen MR) is 80.9 cm³/mol.